The van der Waals surface area contributed by atoms with Gasteiger partial charge >= 0.3 is 0 Å². The van der Waals surface area contributed by atoms with Gasteiger partial charge in [-0.3, -0.25) is 0 Å². The minimum atomic E-state index is 0.162. The monoisotopic (exact) mass is 335 g/mol. The van der Waals surface area contributed by atoms with Crippen molar-refractivity contribution < 1.29 is 0 Å². The van der Waals surface area contributed by atoms with E-state index in [1.165, 1.54) is 5.56 Å². The fourth-order valence-corrected chi connectivity index (χ4v) is 2.91. The number of rotatable bonds is 3. The molecule has 0 saturated carbocycles. The minimum absolute atomic E-state index is 0.162. The van der Waals surface area contributed by atoms with Crippen molar-refractivity contribution in [2.75, 3.05) is 5.32 Å². The SMILES string of the molecule is CC(C)(C)c1ccc(Nc2cc(Cl)cc(-c3ccccc3)c2)cc1. The molecule has 1 nitrogen and oxygen atoms in total. The van der Waals surface area contributed by atoms with Crippen molar-refractivity contribution >= 4 is 23.0 Å². The molecular weight excluding hydrogens is 314 g/mol. The van der Waals surface area contributed by atoms with Crippen LogP contribution in [0.25, 0.3) is 11.1 Å². The fraction of sp³-hybridized carbons (Fsp3) is 0.182. The van der Waals surface area contributed by atoms with Crippen LogP contribution in [-0.4, -0.2) is 0 Å². The maximum Gasteiger partial charge on any atom is 0.0432 e. The van der Waals surface area contributed by atoms with Crippen LogP contribution < -0.4 is 5.32 Å². The second kappa shape index (κ2) is 6.70. The van der Waals surface area contributed by atoms with Crippen molar-refractivity contribution in [1.29, 1.82) is 0 Å². The lowest BCUT2D eigenvalue weighted by Gasteiger charge is -2.19. The summed E-state index contributed by atoms with van der Waals surface area (Å²) in [6, 6.07) is 24.9. The molecule has 0 aliphatic carbocycles. The predicted molar refractivity (Wildman–Crippen MR) is 105 cm³/mol. The summed E-state index contributed by atoms with van der Waals surface area (Å²) >= 11 is 6.31. The van der Waals surface area contributed by atoms with Gasteiger partial charge in [0.25, 0.3) is 0 Å². The van der Waals surface area contributed by atoms with E-state index in [9.17, 15) is 0 Å². The van der Waals surface area contributed by atoms with Gasteiger partial charge in [0.05, 0.1) is 0 Å². The molecule has 0 fully saturated rings. The molecule has 0 heterocycles. The molecule has 0 bridgehead atoms. The first-order valence-corrected chi connectivity index (χ1v) is 8.53. The Morgan fingerprint density at radius 1 is 0.708 bits per heavy atom. The summed E-state index contributed by atoms with van der Waals surface area (Å²) in [7, 11) is 0. The molecular formula is C22H22ClN. The van der Waals surface area contributed by atoms with E-state index in [0.29, 0.717) is 0 Å². The van der Waals surface area contributed by atoms with Crippen LogP contribution in [-0.2, 0) is 5.41 Å². The lowest BCUT2D eigenvalue weighted by molar-refractivity contribution is 0.590. The molecule has 0 saturated heterocycles. The van der Waals surface area contributed by atoms with Crippen molar-refractivity contribution in [3.05, 3.63) is 83.4 Å². The summed E-state index contributed by atoms with van der Waals surface area (Å²) in [6.45, 7) is 6.66. The van der Waals surface area contributed by atoms with Gasteiger partial charge < -0.3 is 5.32 Å². The second-order valence-corrected chi connectivity index (χ2v) is 7.48. The van der Waals surface area contributed by atoms with Crippen LogP contribution >= 0.6 is 11.6 Å². The highest BCUT2D eigenvalue weighted by Crippen LogP contribution is 2.30. The third-order valence-corrected chi connectivity index (χ3v) is 4.26. The number of hydrogen-bond acceptors (Lipinski definition) is 1. The zero-order chi connectivity index (χ0) is 17.2. The van der Waals surface area contributed by atoms with Crippen molar-refractivity contribution in [2.24, 2.45) is 0 Å². The Balaban J connectivity index is 1.87. The standard InChI is InChI=1S/C22H22ClN/c1-22(2,3)18-9-11-20(12-10-18)24-21-14-17(13-19(23)15-21)16-7-5-4-6-8-16/h4-15,24H,1-3H3. The molecule has 0 amide bonds. The Bertz CT molecular complexity index is 815. The third-order valence-electron chi connectivity index (χ3n) is 4.04. The van der Waals surface area contributed by atoms with Crippen LogP contribution in [0.1, 0.15) is 26.3 Å². The first kappa shape index (κ1) is 16.6. The highest BCUT2D eigenvalue weighted by Gasteiger charge is 2.12. The van der Waals surface area contributed by atoms with E-state index in [-0.39, 0.29) is 5.41 Å². The van der Waals surface area contributed by atoms with Crippen molar-refractivity contribution in [1.82, 2.24) is 0 Å². The molecule has 24 heavy (non-hydrogen) atoms. The van der Waals surface area contributed by atoms with Gasteiger partial charge in [0.15, 0.2) is 0 Å². The molecule has 0 aliphatic heterocycles. The van der Waals surface area contributed by atoms with E-state index in [0.717, 1.165) is 27.5 Å². The largest absolute Gasteiger partial charge is 0.355 e. The summed E-state index contributed by atoms with van der Waals surface area (Å²) in [5, 5.41) is 4.18. The quantitative estimate of drug-likeness (QED) is 0.540. The third kappa shape index (κ3) is 3.98. The fourth-order valence-electron chi connectivity index (χ4n) is 2.68. The first-order valence-electron chi connectivity index (χ1n) is 8.15. The Morgan fingerprint density at radius 3 is 2.00 bits per heavy atom. The van der Waals surface area contributed by atoms with Gasteiger partial charge in [0.2, 0.25) is 0 Å². The molecule has 3 rings (SSSR count). The number of nitrogens with one attached hydrogen (secondary N) is 1. The first-order chi connectivity index (χ1) is 11.4. The van der Waals surface area contributed by atoms with Gasteiger partial charge in [-0.05, 0) is 52.4 Å². The van der Waals surface area contributed by atoms with Gasteiger partial charge in [-0.2, -0.15) is 0 Å². The van der Waals surface area contributed by atoms with E-state index in [4.69, 9.17) is 11.6 Å². The molecule has 0 unspecified atom stereocenters. The molecule has 0 radical (unpaired) electrons. The summed E-state index contributed by atoms with van der Waals surface area (Å²) in [5.74, 6) is 0. The second-order valence-electron chi connectivity index (χ2n) is 7.05. The van der Waals surface area contributed by atoms with Crippen molar-refractivity contribution in [2.45, 2.75) is 26.2 Å². The van der Waals surface area contributed by atoms with Crippen LogP contribution in [0.2, 0.25) is 5.02 Å². The Labute approximate surface area is 149 Å². The summed E-state index contributed by atoms with van der Waals surface area (Å²) in [5.41, 5.74) is 5.80. The van der Waals surface area contributed by atoms with Crippen LogP contribution in [0.3, 0.4) is 0 Å². The van der Waals surface area contributed by atoms with Gasteiger partial charge in [0, 0.05) is 16.4 Å². The highest BCUT2D eigenvalue weighted by atomic mass is 35.5. The normalized spacial score (nSPS) is 11.3. The van der Waals surface area contributed by atoms with Crippen molar-refractivity contribution in [3.63, 3.8) is 0 Å². The maximum absolute atomic E-state index is 6.31. The van der Waals surface area contributed by atoms with Gasteiger partial charge in [-0.15, -0.1) is 0 Å². The molecule has 0 aliphatic rings. The zero-order valence-electron chi connectivity index (χ0n) is 14.3. The molecule has 2 heteroatoms. The van der Waals surface area contributed by atoms with E-state index in [2.05, 4.69) is 68.6 Å². The van der Waals surface area contributed by atoms with Gasteiger partial charge in [-0.25, -0.2) is 0 Å². The summed E-state index contributed by atoms with van der Waals surface area (Å²) < 4.78 is 0. The molecule has 0 atom stereocenters. The lowest BCUT2D eigenvalue weighted by Crippen LogP contribution is -2.10. The van der Waals surface area contributed by atoms with Crippen molar-refractivity contribution in [3.8, 4) is 11.1 Å². The van der Waals surface area contributed by atoms with Gasteiger partial charge in [0.1, 0.15) is 0 Å². The highest BCUT2D eigenvalue weighted by molar-refractivity contribution is 6.31. The van der Waals surface area contributed by atoms with Crippen LogP contribution in [0, 0.1) is 0 Å². The number of benzene rings is 3. The van der Waals surface area contributed by atoms with Crippen LogP contribution in [0.5, 0.6) is 0 Å². The average Bonchev–Trinajstić information content (AvgIpc) is 2.55. The summed E-state index contributed by atoms with van der Waals surface area (Å²) in [4.78, 5) is 0. The number of halogens is 1. The van der Waals surface area contributed by atoms with Crippen LogP contribution in [0.15, 0.2) is 72.8 Å². The lowest BCUT2D eigenvalue weighted by atomic mass is 9.87. The molecule has 1 N–H and O–H groups in total. The average molecular weight is 336 g/mol. The minimum Gasteiger partial charge on any atom is -0.355 e. The Kier molecular flexibility index (Phi) is 4.64. The number of hydrogen-bond donors (Lipinski definition) is 1. The zero-order valence-corrected chi connectivity index (χ0v) is 15.1. The molecule has 3 aromatic carbocycles. The van der Waals surface area contributed by atoms with E-state index < -0.39 is 0 Å². The smallest absolute Gasteiger partial charge is 0.0432 e. The molecule has 122 valence electrons. The van der Waals surface area contributed by atoms with Gasteiger partial charge in [-0.1, -0.05) is 74.8 Å². The molecule has 0 aromatic heterocycles. The summed E-state index contributed by atoms with van der Waals surface area (Å²) in [6.07, 6.45) is 0. The maximum atomic E-state index is 6.31. The van der Waals surface area contributed by atoms with E-state index >= 15 is 0 Å². The van der Waals surface area contributed by atoms with Crippen LogP contribution in [0.4, 0.5) is 11.4 Å². The topological polar surface area (TPSA) is 12.0 Å². The number of anilines is 2. The Hall–Kier alpha value is -2.25. The molecule has 3 aromatic rings. The van der Waals surface area contributed by atoms with E-state index in [1.807, 2.05) is 30.3 Å². The van der Waals surface area contributed by atoms with E-state index in [1.54, 1.807) is 0 Å². The predicted octanol–water partition coefficient (Wildman–Crippen LogP) is 7.05. The Morgan fingerprint density at radius 2 is 1.38 bits per heavy atom. The molecule has 0 spiro atoms.